The number of ether oxygens (including phenoxy) is 1. The van der Waals surface area contributed by atoms with Crippen LogP contribution in [0.15, 0.2) is 66.7 Å². The maximum Gasteiger partial charge on any atom is 0.270 e. The van der Waals surface area contributed by atoms with E-state index in [9.17, 15) is 9.59 Å². The van der Waals surface area contributed by atoms with E-state index in [1.165, 1.54) is 0 Å². The van der Waals surface area contributed by atoms with Crippen LogP contribution in [0.5, 0.6) is 0 Å². The number of aromatic nitrogens is 2. The molecule has 144 valence electrons. The Hall–Kier alpha value is -3.45. The van der Waals surface area contributed by atoms with E-state index >= 15 is 0 Å². The first-order valence-corrected chi connectivity index (χ1v) is 8.94. The molecular formula is C21H22N4O3. The number of hydrogen-bond acceptors (Lipinski definition) is 4. The highest BCUT2D eigenvalue weighted by Crippen LogP contribution is 2.21. The van der Waals surface area contributed by atoms with Crippen molar-refractivity contribution in [2.45, 2.75) is 0 Å². The Kier molecular flexibility index (Phi) is 6.54. The van der Waals surface area contributed by atoms with Crippen LogP contribution in [0, 0.1) is 0 Å². The highest BCUT2D eigenvalue weighted by molar-refractivity contribution is 5.96. The lowest BCUT2D eigenvalue weighted by molar-refractivity contribution is -0.120. The molecule has 0 aliphatic rings. The molecule has 7 heteroatoms. The molecule has 0 bridgehead atoms. The molecule has 0 radical (unpaired) electrons. The number of para-hydroxylation sites is 1. The number of nitrogens with zero attached hydrogens (tertiary/aromatic N) is 2. The van der Waals surface area contributed by atoms with Gasteiger partial charge in [0, 0.05) is 19.2 Å². The number of methoxy groups -OCH3 is 1. The van der Waals surface area contributed by atoms with E-state index in [1.807, 2.05) is 60.7 Å². The van der Waals surface area contributed by atoms with Crippen molar-refractivity contribution >= 4 is 11.8 Å². The smallest absolute Gasteiger partial charge is 0.270 e. The molecule has 0 spiro atoms. The molecule has 0 atom stereocenters. The molecule has 2 amide bonds. The van der Waals surface area contributed by atoms with Crippen molar-refractivity contribution in [1.29, 1.82) is 0 Å². The summed E-state index contributed by atoms with van der Waals surface area (Å²) < 4.78 is 6.47. The minimum Gasteiger partial charge on any atom is -0.383 e. The first kappa shape index (κ1) is 19.3. The van der Waals surface area contributed by atoms with Crippen LogP contribution in [-0.4, -0.2) is 48.4 Å². The number of rotatable bonds is 8. The average molecular weight is 378 g/mol. The molecular weight excluding hydrogens is 356 g/mol. The molecule has 3 rings (SSSR count). The highest BCUT2D eigenvalue weighted by atomic mass is 16.5. The molecule has 2 N–H and O–H groups in total. The zero-order valence-electron chi connectivity index (χ0n) is 15.6. The van der Waals surface area contributed by atoms with E-state index in [1.54, 1.807) is 17.9 Å². The molecule has 0 unspecified atom stereocenters. The van der Waals surface area contributed by atoms with Gasteiger partial charge in [-0.1, -0.05) is 48.5 Å². The molecule has 0 aliphatic carbocycles. The number of amides is 2. The fourth-order valence-electron chi connectivity index (χ4n) is 2.66. The summed E-state index contributed by atoms with van der Waals surface area (Å²) in [6.45, 7) is 0.690. The maximum absolute atomic E-state index is 12.7. The second-order valence-electron chi connectivity index (χ2n) is 6.05. The predicted molar refractivity (Wildman–Crippen MR) is 106 cm³/mol. The first-order chi connectivity index (χ1) is 13.7. The first-order valence-electron chi connectivity index (χ1n) is 8.94. The van der Waals surface area contributed by atoms with E-state index in [2.05, 4.69) is 15.7 Å². The van der Waals surface area contributed by atoms with Gasteiger partial charge in [-0.25, -0.2) is 4.68 Å². The summed E-state index contributed by atoms with van der Waals surface area (Å²) in [5, 5.41) is 9.91. The van der Waals surface area contributed by atoms with Gasteiger partial charge in [0.2, 0.25) is 5.91 Å². The summed E-state index contributed by atoms with van der Waals surface area (Å²) in [4.78, 5) is 24.6. The summed E-state index contributed by atoms with van der Waals surface area (Å²) in [5.74, 6) is -0.653. The van der Waals surface area contributed by atoms with Gasteiger partial charge in [-0.05, 0) is 18.2 Å². The van der Waals surface area contributed by atoms with Crippen molar-refractivity contribution in [2.75, 3.05) is 26.8 Å². The number of carbonyl (C=O) groups excluding carboxylic acids is 2. The third-order valence-electron chi connectivity index (χ3n) is 4.05. The zero-order valence-corrected chi connectivity index (χ0v) is 15.6. The fourth-order valence-corrected chi connectivity index (χ4v) is 2.66. The molecule has 0 saturated carbocycles. The van der Waals surface area contributed by atoms with Crippen molar-refractivity contribution in [3.8, 4) is 16.9 Å². The number of benzene rings is 2. The van der Waals surface area contributed by atoms with Gasteiger partial charge in [-0.2, -0.15) is 5.10 Å². The molecule has 7 nitrogen and oxygen atoms in total. The van der Waals surface area contributed by atoms with Crippen LogP contribution < -0.4 is 10.6 Å². The van der Waals surface area contributed by atoms with Gasteiger partial charge < -0.3 is 15.4 Å². The Balaban J connectivity index is 1.81. The van der Waals surface area contributed by atoms with Gasteiger partial charge >= 0.3 is 0 Å². The molecule has 2 aromatic carbocycles. The van der Waals surface area contributed by atoms with Crippen molar-refractivity contribution in [2.24, 2.45) is 0 Å². The Morgan fingerprint density at radius 3 is 2.36 bits per heavy atom. The van der Waals surface area contributed by atoms with E-state index in [-0.39, 0.29) is 18.4 Å². The summed E-state index contributed by atoms with van der Waals surface area (Å²) >= 11 is 0. The standard InChI is InChI=1S/C21H22N4O3/c1-28-13-12-22-20(26)15-23-21(27)19-14-18(16-8-4-2-5-9-16)24-25(19)17-10-6-3-7-11-17/h2-11,14H,12-13,15H2,1H3,(H,22,26)(H,23,27). The second kappa shape index (κ2) is 9.48. The van der Waals surface area contributed by atoms with Crippen molar-refractivity contribution in [1.82, 2.24) is 20.4 Å². The predicted octanol–water partition coefficient (Wildman–Crippen LogP) is 2.03. The largest absolute Gasteiger partial charge is 0.383 e. The second-order valence-corrected chi connectivity index (χ2v) is 6.05. The molecule has 1 aromatic heterocycles. The SMILES string of the molecule is COCCNC(=O)CNC(=O)c1cc(-c2ccccc2)nn1-c1ccccc1. The van der Waals surface area contributed by atoms with Crippen LogP contribution in [-0.2, 0) is 9.53 Å². The summed E-state index contributed by atoms with van der Waals surface area (Å²) in [6.07, 6.45) is 0. The van der Waals surface area contributed by atoms with Crippen LogP contribution in [0.2, 0.25) is 0 Å². The summed E-state index contributed by atoms with van der Waals surface area (Å²) in [5.41, 5.74) is 2.71. The molecule has 3 aromatic rings. The molecule has 0 fully saturated rings. The Labute approximate surface area is 163 Å². The van der Waals surface area contributed by atoms with Crippen LogP contribution in [0.25, 0.3) is 16.9 Å². The van der Waals surface area contributed by atoms with Crippen molar-refractivity contribution in [3.63, 3.8) is 0 Å². The van der Waals surface area contributed by atoms with Crippen molar-refractivity contribution in [3.05, 3.63) is 72.4 Å². The third kappa shape index (κ3) is 4.83. The fraction of sp³-hybridized carbons (Fsp3) is 0.190. The van der Waals surface area contributed by atoms with Gasteiger partial charge in [0.05, 0.1) is 24.5 Å². The van der Waals surface area contributed by atoms with Gasteiger partial charge in [-0.3, -0.25) is 9.59 Å². The molecule has 0 aliphatic heterocycles. The number of hydrogen-bond donors (Lipinski definition) is 2. The van der Waals surface area contributed by atoms with Gasteiger partial charge in [-0.15, -0.1) is 0 Å². The molecule has 0 saturated heterocycles. The lowest BCUT2D eigenvalue weighted by atomic mass is 10.1. The van der Waals surface area contributed by atoms with Gasteiger partial charge in [0.15, 0.2) is 0 Å². The van der Waals surface area contributed by atoms with Crippen LogP contribution in [0.3, 0.4) is 0 Å². The monoisotopic (exact) mass is 378 g/mol. The summed E-state index contributed by atoms with van der Waals surface area (Å²) in [6, 6.07) is 20.7. The van der Waals surface area contributed by atoms with E-state index in [0.29, 0.717) is 24.5 Å². The van der Waals surface area contributed by atoms with Crippen LogP contribution in [0.1, 0.15) is 10.5 Å². The minimum atomic E-state index is -0.375. The Morgan fingerprint density at radius 1 is 1.00 bits per heavy atom. The number of nitrogens with one attached hydrogen (secondary N) is 2. The third-order valence-corrected chi connectivity index (χ3v) is 4.05. The number of carbonyl (C=O) groups is 2. The quantitative estimate of drug-likeness (QED) is 0.588. The lowest BCUT2D eigenvalue weighted by Gasteiger charge is -2.08. The van der Waals surface area contributed by atoms with Crippen LogP contribution in [0.4, 0.5) is 0 Å². The highest BCUT2D eigenvalue weighted by Gasteiger charge is 2.18. The Bertz CT molecular complexity index is 923. The zero-order chi connectivity index (χ0) is 19.8. The van der Waals surface area contributed by atoms with Gasteiger partial charge in [0.1, 0.15) is 5.69 Å². The van der Waals surface area contributed by atoms with Crippen molar-refractivity contribution < 1.29 is 14.3 Å². The maximum atomic E-state index is 12.7. The van der Waals surface area contributed by atoms with E-state index < -0.39 is 0 Å². The average Bonchev–Trinajstić information content (AvgIpc) is 3.19. The van der Waals surface area contributed by atoms with Crippen LogP contribution >= 0.6 is 0 Å². The lowest BCUT2D eigenvalue weighted by Crippen LogP contribution is -2.38. The summed E-state index contributed by atoms with van der Waals surface area (Å²) in [7, 11) is 1.56. The van der Waals surface area contributed by atoms with E-state index in [4.69, 9.17) is 4.74 Å². The topological polar surface area (TPSA) is 85.2 Å². The Morgan fingerprint density at radius 2 is 1.68 bits per heavy atom. The normalized spacial score (nSPS) is 10.5. The van der Waals surface area contributed by atoms with Gasteiger partial charge in [0.25, 0.3) is 5.91 Å². The van der Waals surface area contributed by atoms with E-state index in [0.717, 1.165) is 11.3 Å². The molecule has 1 heterocycles. The molecule has 28 heavy (non-hydrogen) atoms. The minimum absolute atomic E-state index is 0.122.